The van der Waals surface area contributed by atoms with Gasteiger partial charge in [0.15, 0.2) is 0 Å². The highest BCUT2D eigenvalue weighted by Gasteiger charge is 2.39. The first-order valence-corrected chi connectivity index (χ1v) is 18.4. The van der Waals surface area contributed by atoms with Gasteiger partial charge >= 0.3 is 0 Å². The smallest absolute Gasteiger partial charge is 0.143 e. The zero-order valence-electron chi connectivity index (χ0n) is 29.3. The van der Waals surface area contributed by atoms with Gasteiger partial charge in [-0.05, 0) is 96.0 Å². The van der Waals surface area contributed by atoms with Crippen molar-refractivity contribution in [3.8, 4) is 33.4 Å². The summed E-state index contributed by atoms with van der Waals surface area (Å²) in [5, 5.41) is 12.0. The monoisotopic (exact) mass is 676 g/mol. The van der Waals surface area contributed by atoms with Gasteiger partial charge < -0.3 is 8.83 Å². The lowest BCUT2D eigenvalue weighted by atomic mass is 9.79. The Morgan fingerprint density at radius 2 is 1.00 bits per heavy atom. The van der Waals surface area contributed by atoms with Crippen LogP contribution in [-0.2, 0) is 5.41 Å². The second kappa shape index (κ2) is 10.2. The molecule has 0 unspecified atom stereocenters. The minimum atomic E-state index is -0.208. The molecule has 11 aromatic rings. The lowest BCUT2D eigenvalue weighted by Crippen LogP contribution is -2.15. The van der Waals surface area contributed by atoms with Crippen molar-refractivity contribution in [2.45, 2.75) is 19.3 Å². The number of hydrogen-bond acceptors (Lipinski definition) is 2. The van der Waals surface area contributed by atoms with E-state index in [0.29, 0.717) is 0 Å². The maximum Gasteiger partial charge on any atom is 0.143 e. The highest BCUT2D eigenvalue weighted by molar-refractivity contribution is 6.28. The Hall–Kier alpha value is -6.64. The molecule has 0 aliphatic heterocycles. The molecule has 0 spiro atoms. The highest BCUT2D eigenvalue weighted by atomic mass is 16.3. The number of rotatable bonds is 2. The molecule has 2 heteroatoms. The Labute approximate surface area is 305 Å². The van der Waals surface area contributed by atoms with Crippen molar-refractivity contribution in [1.82, 2.24) is 0 Å². The van der Waals surface area contributed by atoms with Crippen molar-refractivity contribution in [3.63, 3.8) is 0 Å². The summed E-state index contributed by atoms with van der Waals surface area (Å²) < 4.78 is 13.4. The molecule has 0 N–H and O–H groups in total. The summed E-state index contributed by atoms with van der Waals surface area (Å²) >= 11 is 0. The third-order valence-corrected chi connectivity index (χ3v) is 12.0. The fourth-order valence-electron chi connectivity index (χ4n) is 9.77. The molecule has 248 valence electrons. The van der Waals surface area contributed by atoms with Crippen LogP contribution >= 0.6 is 0 Å². The van der Waals surface area contributed by atoms with Gasteiger partial charge in [-0.1, -0.05) is 141 Å². The summed E-state index contributed by atoms with van der Waals surface area (Å²) in [6.45, 7) is 4.75. The van der Waals surface area contributed by atoms with Crippen LogP contribution in [0.1, 0.15) is 25.0 Å². The van der Waals surface area contributed by atoms with E-state index in [1.807, 2.05) is 12.1 Å². The molecule has 53 heavy (non-hydrogen) atoms. The molecule has 0 saturated heterocycles. The second-order valence-electron chi connectivity index (χ2n) is 15.1. The molecule has 2 aromatic heterocycles. The molecule has 0 saturated carbocycles. The summed E-state index contributed by atoms with van der Waals surface area (Å²) in [6, 6.07) is 57.3. The van der Waals surface area contributed by atoms with E-state index in [4.69, 9.17) is 8.83 Å². The molecule has 0 bridgehead atoms. The summed E-state index contributed by atoms with van der Waals surface area (Å²) in [5.41, 5.74) is 13.5. The minimum Gasteiger partial charge on any atom is -0.456 e. The zero-order valence-corrected chi connectivity index (χ0v) is 29.3. The van der Waals surface area contributed by atoms with E-state index in [0.717, 1.165) is 38.7 Å². The van der Waals surface area contributed by atoms with Crippen LogP contribution in [0.5, 0.6) is 0 Å². The number of para-hydroxylation sites is 1. The Morgan fingerprint density at radius 1 is 0.396 bits per heavy atom. The predicted molar refractivity (Wildman–Crippen MR) is 222 cm³/mol. The lowest BCUT2D eigenvalue weighted by molar-refractivity contribution is 0.657. The standard InChI is InChI=1S/C51H32O2/c1-51(2)41-21-11-9-15-32(41)39-28-40(50-48(49(39)51)47-31-14-4-3-13-29(31)23-26-44(47)53-50)46-36-19-7-5-17-34(36)45(35-18-6-8-20-37(35)46)30-24-25-43-38(27-30)33-16-10-12-22-42(33)52-43/h3-28H,1-2H3. The number of hydrogen-bond donors (Lipinski definition) is 0. The van der Waals surface area contributed by atoms with Crippen LogP contribution in [0, 0.1) is 0 Å². The number of furan rings is 2. The largest absolute Gasteiger partial charge is 0.456 e. The molecular formula is C51H32O2. The van der Waals surface area contributed by atoms with Crippen molar-refractivity contribution in [1.29, 1.82) is 0 Å². The molecule has 9 aromatic carbocycles. The third-order valence-electron chi connectivity index (χ3n) is 12.0. The van der Waals surface area contributed by atoms with Crippen molar-refractivity contribution in [2.75, 3.05) is 0 Å². The van der Waals surface area contributed by atoms with Crippen molar-refractivity contribution in [3.05, 3.63) is 169 Å². The average Bonchev–Trinajstić information content (AvgIpc) is 3.84. The summed E-state index contributed by atoms with van der Waals surface area (Å²) in [7, 11) is 0. The molecule has 0 fully saturated rings. The zero-order chi connectivity index (χ0) is 35.0. The number of benzene rings is 9. The van der Waals surface area contributed by atoms with Crippen LogP contribution in [0.25, 0.3) is 110 Å². The molecule has 2 nitrogen and oxygen atoms in total. The average molecular weight is 677 g/mol. The number of fused-ring (bicyclic) bond motifs is 14. The van der Waals surface area contributed by atoms with Crippen molar-refractivity contribution < 1.29 is 8.83 Å². The summed E-state index contributed by atoms with van der Waals surface area (Å²) in [5.74, 6) is 0. The van der Waals surface area contributed by atoms with Gasteiger partial charge in [-0.15, -0.1) is 0 Å². The van der Waals surface area contributed by atoms with Crippen LogP contribution in [0.4, 0.5) is 0 Å². The van der Waals surface area contributed by atoms with Crippen molar-refractivity contribution >= 4 is 76.2 Å². The van der Waals surface area contributed by atoms with Crippen LogP contribution in [0.3, 0.4) is 0 Å². The quantitative estimate of drug-likeness (QED) is 0.170. The van der Waals surface area contributed by atoms with E-state index in [2.05, 4.69) is 159 Å². The second-order valence-corrected chi connectivity index (χ2v) is 15.1. The van der Waals surface area contributed by atoms with E-state index in [1.54, 1.807) is 0 Å². The molecule has 12 rings (SSSR count). The maximum absolute atomic E-state index is 7.15. The van der Waals surface area contributed by atoms with E-state index in [9.17, 15) is 0 Å². The van der Waals surface area contributed by atoms with Gasteiger partial charge in [-0.25, -0.2) is 0 Å². The highest BCUT2D eigenvalue weighted by Crippen LogP contribution is 2.57. The van der Waals surface area contributed by atoms with Gasteiger partial charge in [0.2, 0.25) is 0 Å². The van der Waals surface area contributed by atoms with Gasteiger partial charge in [0.1, 0.15) is 22.3 Å². The van der Waals surface area contributed by atoms with Crippen LogP contribution in [-0.4, -0.2) is 0 Å². The Kier molecular flexibility index (Phi) is 5.60. The fraction of sp³-hybridized carbons (Fsp3) is 0.0588. The normalized spacial score (nSPS) is 13.6. The lowest BCUT2D eigenvalue weighted by Gasteiger charge is -2.23. The van der Waals surface area contributed by atoms with Crippen LogP contribution in [0.15, 0.2) is 167 Å². The van der Waals surface area contributed by atoms with Gasteiger partial charge in [-0.2, -0.15) is 0 Å². The van der Waals surface area contributed by atoms with E-state index >= 15 is 0 Å². The molecule has 0 amide bonds. The van der Waals surface area contributed by atoms with Crippen molar-refractivity contribution in [2.24, 2.45) is 0 Å². The maximum atomic E-state index is 7.15. The van der Waals surface area contributed by atoms with Gasteiger partial charge in [0.25, 0.3) is 0 Å². The Morgan fingerprint density at radius 3 is 1.77 bits per heavy atom. The molecule has 1 aliphatic rings. The Bertz CT molecular complexity index is 3310. The van der Waals surface area contributed by atoms with Crippen LogP contribution < -0.4 is 0 Å². The first-order valence-electron chi connectivity index (χ1n) is 18.4. The van der Waals surface area contributed by atoms with Gasteiger partial charge in [0, 0.05) is 38.1 Å². The van der Waals surface area contributed by atoms with E-state index in [-0.39, 0.29) is 5.41 Å². The molecular weight excluding hydrogens is 645 g/mol. The predicted octanol–water partition coefficient (Wildman–Crippen LogP) is 14.6. The van der Waals surface area contributed by atoms with Crippen LogP contribution in [0.2, 0.25) is 0 Å². The third kappa shape index (κ3) is 3.77. The first-order chi connectivity index (χ1) is 26.1. The van der Waals surface area contributed by atoms with Gasteiger partial charge in [-0.3, -0.25) is 0 Å². The first kappa shape index (κ1) is 29.0. The van der Waals surface area contributed by atoms with E-state index < -0.39 is 0 Å². The molecule has 2 heterocycles. The molecule has 0 radical (unpaired) electrons. The van der Waals surface area contributed by atoms with Gasteiger partial charge in [0.05, 0.1) is 0 Å². The molecule has 0 atom stereocenters. The summed E-state index contributed by atoms with van der Waals surface area (Å²) in [6.07, 6.45) is 0. The fourth-order valence-corrected chi connectivity index (χ4v) is 9.77. The summed E-state index contributed by atoms with van der Waals surface area (Å²) in [4.78, 5) is 0. The topological polar surface area (TPSA) is 26.3 Å². The van der Waals surface area contributed by atoms with E-state index in [1.165, 1.54) is 82.0 Å². The molecule has 1 aliphatic carbocycles. The minimum absolute atomic E-state index is 0.208. The SMILES string of the molecule is CC1(C)c2ccccc2-c2cc(-c3c4ccccc4c(-c4ccc5oc6ccccc6c5c4)c4ccccc34)c3oc4ccc5ccccc5c4c3c21. The Balaban J connectivity index is 1.26.